The van der Waals surface area contributed by atoms with Crippen molar-refractivity contribution in [3.8, 4) is 28.7 Å². The fourth-order valence-electron chi connectivity index (χ4n) is 6.38. The van der Waals surface area contributed by atoms with E-state index in [9.17, 15) is 44.3 Å². The van der Waals surface area contributed by atoms with Gasteiger partial charge >= 0.3 is 12.4 Å². The number of carbonyl (C=O) groups is 1. The first kappa shape index (κ1) is 38.8. The largest absolute Gasteiger partial charge is 0.496 e. The summed E-state index contributed by atoms with van der Waals surface area (Å²) in [5.74, 6) is -1.71. The second-order valence-corrected chi connectivity index (χ2v) is 15.2. The van der Waals surface area contributed by atoms with Crippen molar-refractivity contribution < 1.29 is 58.5 Å². The molecule has 19 heteroatoms. The summed E-state index contributed by atoms with van der Waals surface area (Å²) in [6, 6.07) is 10.4. The number of amides is 1. The Morgan fingerprint density at radius 3 is 2.11 bits per heavy atom. The average molecular weight is 847 g/mol. The summed E-state index contributed by atoms with van der Waals surface area (Å²) in [5.41, 5.74) is -1.26. The van der Waals surface area contributed by atoms with Crippen molar-refractivity contribution in [2.75, 3.05) is 27.4 Å². The number of pyridine rings is 1. The molecule has 1 fully saturated rings. The highest BCUT2D eigenvalue weighted by atomic mass is 79.9. The molecule has 5 aromatic rings. The number of aryl methyl sites for hydroxylation is 1. The number of rotatable bonds is 12. The summed E-state index contributed by atoms with van der Waals surface area (Å²) in [7, 11) is -1.46. The normalized spacial score (nSPS) is 14.3. The number of alkyl halides is 6. The van der Waals surface area contributed by atoms with Gasteiger partial charge in [0.15, 0.2) is 19.0 Å². The van der Waals surface area contributed by atoms with Gasteiger partial charge in [-0.05, 0) is 71.1 Å². The van der Waals surface area contributed by atoms with Crippen LogP contribution in [-0.2, 0) is 26.0 Å². The van der Waals surface area contributed by atoms with Crippen molar-refractivity contribution in [3.05, 3.63) is 86.4 Å². The van der Waals surface area contributed by atoms with Crippen molar-refractivity contribution in [1.29, 1.82) is 0 Å². The maximum Gasteiger partial charge on any atom is 0.422 e. The summed E-state index contributed by atoms with van der Waals surface area (Å²) in [6.07, 6.45) is -6.53. The van der Waals surface area contributed by atoms with Gasteiger partial charge in [-0.15, -0.1) is 0 Å². The first-order valence-corrected chi connectivity index (χ1v) is 18.4. The Kier molecular flexibility index (Phi) is 10.1. The van der Waals surface area contributed by atoms with Gasteiger partial charge in [0.2, 0.25) is 15.9 Å². The number of carbonyl (C=O) groups excluding carboxylic acids is 1. The first-order chi connectivity index (χ1) is 25.3. The fourth-order valence-corrected chi connectivity index (χ4v) is 7.90. The number of sulfonamides is 1. The summed E-state index contributed by atoms with van der Waals surface area (Å²) < 4.78 is 131. The van der Waals surface area contributed by atoms with Gasteiger partial charge in [-0.3, -0.25) is 18.9 Å². The zero-order chi connectivity index (χ0) is 39.4. The van der Waals surface area contributed by atoms with Crippen molar-refractivity contribution in [1.82, 2.24) is 14.3 Å². The number of nitrogens with zero attached hydrogens (tertiary/aromatic N) is 1. The molecule has 0 spiro atoms. The third-order valence-corrected chi connectivity index (χ3v) is 10.5. The van der Waals surface area contributed by atoms with Crippen LogP contribution in [0.25, 0.3) is 27.4 Å². The highest BCUT2D eigenvalue weighted by Crippen LogP contribution is 2.55. The van der Waals surface area contributed by atoms with Gasteiger partial charge in [0.25, 0.3) is 5.56 Å². The third-order valence-electron chi connectivity index (χ3n) is 8.79. The summed E-state index contributed by atoms with van der Waals surface area (Å²) >= 11 is 3.17. The van der Waals surface area contributed by atoms with Gasteiger partial charge in [0.1, 0.15) is 17.2 Å². The Labute approximate surface area is 311 Å². The molecule has 288 valence electrons. The molecule has 2 heterocycles. The fraction of sp³-hybridized carbons (Fsp3) is 0.314. The molecular weight excluding hydrogens is 816 g/mol. The lowest BCUT2D eigenvalue weighted by Gasteiger charge is -2.21. The number of nitrogens with one attached hydrogen (secondary N) is 2. The molecule has 1 saturated carbocycles. The molecule has 0 atom stereocenters. The van der Waals surface area contributed by atoms with Gasteiger partial charge in [-0.2, -0.15) is 26.3 Å². The minimum atomic E-state index is -4.84. The minimum Gasteiger partial charge on any atom is -0.496 e. The summed E-state index contributed by atoms with van der Waals surface area (Å²) in [4.78, 5) is 30.2. The number of ether oxygens (including phenoxy) is 4. The van der Waals surface area contributed by atoms with E-state index in [2.05, 4.69) is 25.6 Å². The van der Waals surface area contributed by atoms with Crippen LogP contribution < -0.4 is 29.2 Å². The molecule has 0 aliphatic heterocycles. The maximum atomic E-state index is 14.0. The van der Waals surface area contributed by atoms with Crippen LogP contribution in [0.4, 0.5) is 26.3 Å². The lowest BCUT2D eigenvalue weighted by atomic mass is 9.93. The van der Waals surface area contributed by atoms with E-state index in [4.69, 9.17) is 18.9 Å². The molecule has 54 heavy (non-hydrogen) atoms. The van der Waals surface area contributed by atoms with Gasteiger partial charge in [-0.25, -0.2) is 8.42 Å². The lowest BCUT2D eigenvalue weighted by Crippen LogP contribution is -2.39. The number of fused-ring (bicyclic) bond motifs is 2. The van der Waals surface area contributed by atoms with Crippen LogP contribution in [0, 0.1) is 6.92 Å². The van der Waals surface area contributed by atoms with Gasteiger partial charge in [0, 0.05) is 22.3 Å². The maximum absolute atomic E-state index is 14.0. The monoisotopic (exact) mass is 845 g/mol. The first-order valence-electron chi connectivity index (χ1n) is 15.9. The van der Waals surface area contributed by atoms with E-state index in [1.807, 2.05) is 0 Å². The number of H-pyrrole nitrogens is 1. The number of aromatic nitrogens is 2. The summed E-state index contributed by atoms with van der Waals surface area (Å²) in [6.45, 7) is -2.08. The van der Waals surface area contributed by atoms with Gasteiger partial charge < -0.3 is 23.9 Å². The van der Waals surface area contributed by atoms with E-state index in [-0.39, 0.29) is 32.0 Å². The molecule has 0 bridgehead atoms. The average Bonchev–Trinajstić information content (AvgIpc) is 3.82. The number of aromatic amines is 1. The Balaban J connectivity index is 1.37. The van der Waals surface area contributed by atoms with E-state index >= 15 is 0 Å². The number of hydrogen-bond donors (Lipinski definition) is 2. The Morgan fingerprint density at radius 1 is 0.944 bits per heavy atom. The van der Waals surface area contributed by atoms with E-state index in [1.54, 1.807) is 18.2 Å². The Morgan fingerprint density at radius 2 is 1.56 bits per heavy atom. The third kappa shape index (κ3) is 7.69. The second kappa shape index (κ2) is 14.1. The standard InChI is InChI=1S/C35H30BrF6N3O8S/c1-18-11-19(15-54(48,49)44-32(47)33(9-10-33)27-24(50-2)5-4-6-25(27)51-3)7-8-23(18)45-14-22-26(31(45)46)29(52-16-34(37,38)39)21-12-20(36)13-43-28(21)30(22)53-17-35(40,41)42/h4-8,11-14,43H,9-10,15-17H2,1-3H3,(H,44,47). The quantitative estimate of drug-likeness (QED) is 0.127. The van der Waals surface area contributed by atoms with E-state index in [1.165, 1.54) is 51.6 Å². The molecule has 6 rings (SSSR count). The summed E-state index contributed by atoms with van der Waals surface area (Å²) in [5, 5.41) is -0.920. The number of benzene rings is 3. The Hall–Kier alpha value is -4.91. The smallest absolute Gasteiger partial charge is 0.422 e. The van der Waals surface area contributed by atoms with Crippen LogP contribution in [-0.4, -0.2) is 63.7 Å². The zero-order valence-corrected chi connectivity index (χ0v) is 30.9. The zero-order valence-electron chi connectivity index (χ0n) is 28.5. The van der Waals surface area contributed by atoms with Crippen molar-refractivity contribution >= 4 is 53.5 Å². The van der Waals surface area contributed by atoms with E-state index in [0.717, 1.165) is 10.8 Å². The highest BCUT2D eigenvalue weighted by Gasteiger charge is 2.55. The van der Waals surface area contributed by atoms with Gasteiger partial charge in [-0.1, -0.05) is 18.2 Å². The van der Waals surface area contributed by atoms with E-state index < -0.39 is 75.1 Å². The van der Waals surface area contributed by atoms with E-state index in [0.29, 0.717) is 35.5 Å². The molecule has 1 amide bonds. The van der Waals surface area contributed by atoms with Crippen LogP contribution >= 0.6 is 15.9 Å². The lowest BCUT2D eigenvalue weighted by molar-refractivity contribution is -0.154. The van der Waals surface area contributed by atoms with Crippen molar-refractivity contribution in [2.45, 2.75) is 43.3 Å². The predicted octanol–water partition coefficient (Wildman–Crippen LogP) is 7.12. The molecule has 1 aliphatic rings. The minimum absolute atomic E-state index is 0.124. The number of halogens is 7. The van der Waals surface area contributed by atoms with Crippen molar-refractivity contribution in [2.24, 2.45) is 0 Å². The Bertz CT molecular complexity index is 2440. The molecule has 2 N–H and O–H groups in total. The molecule has 2 aromatic heterocycles. The van der Waals surface area contributed by atoms with Crippen LogP contribution in [0.3, 0.4) is 0 Å². The topological polar surface area (TPSA) is 138 Å². The second-order valence-electron chi connectivity index (χ2n) is 12.6. The molecule has 11 nitrogen and oxygen atoms in total. The number of hydrogen-bond acceptors (Lipinski definition) is 8. The predicted molar refractivity (Wildman–Crippen MR) is 188 cm³/mol. The molecular formula is C35H30BrF6N3O8S. The molecule has 3 aromatic carbocycles. The molecule has 0 saturated heterocycles. The van der Waals surface area contributed by atoms with Crippen LogP contribution in [0.15, 0.2) is 64.1 Å². The van der Waals surface area contributed by atoms with Crippen molar-refractivity contribution in [3.63, 3.8) is 0 Å². The molecule has 1 aliphatic carbocycles. The van der Waals surface area contributed by atoms with Crippen LogP contribution in [0.5, 0.6) is 23.0 Å². The SMILES string of the molecule is COc1cccc(OC)c1C1(C(=O)NS(=O)(=O)Cc2ccc(-n3cc4c(OCC(F)(F)F)c5[nH]cc(Br)cc5c(OCC(F)(F)F)c4c3=O)c(C)c2)CC1. The van der Waals surface area contributed by atoms with Gasteiger partial charge in [0.05, 0.1) is 52.9 Å². The van der Waals surface area contributed by atoms with Crippen LogP contribution in [0.2, 0.25) is 0 Å². The number of methoxy groups -OCH3 is 2. The molecule has 0 unspecified atom stereocenters. The highest BCUT2D eigenvalue weighted by molar-refractivity contribution is 9.10. The molecule has 0 radical (unpaired) electrons. The van der Waals surface area contributed by atoms with Crippen LogP contribution in [0.1, 0.15) is 29.5 Å².